The molecule has 0 unspecified atom stereocenters. The summed E-state index contributed by atoms with van der Waals surface area (Å²) in [6, 6.07) is 6.40. The van der Waals surface area contributed by atoms with Crippen LogP contribution in [0.25, 0.3) is 0 Å². The van der Waals surface area contributed by atoms with Crippen LogP contribution in [0.3, 0.4) is 0 Å². The van der Waals surface area contributed by atoms with Gasteiger partial charge in [0.25, 0.3) is 5.91 Å². The molecule has 6 heteroatoms. The van der Waals surface area contributed by atoms with Crippen molar-refractivity contribution in [3.8, 4) is 0 Å². The molecule has 1 atom stereocenters. The lowest BCUT2D eigenvalue weighted by Crippen LogP contribution is -2.37. The van der Waals surface area contributed by atoms with Crippen molar-refractivity contribution in [3.63, 3.8) is 0 Å². The first kappa shape index (κ1) is 16.0. The monoisotopic (exact) mass is 278 g/mol. The molecular formula is C14H22N4O2. The van der Waals surface area contributed by atoms with Gasteiger partial charge in [-0.3, -0.25) is 4.79 Å². The number of nitrogens with one attached hydrogen (secondary N) is 3. The maximum atomic E-state index is 11.9. The first-order chi connectivity index (χ1) is 9.42. The molecule has 20 heavy (non-hydrogen) atoms. The van der Waals surface area contributed by atoms with Crippen LogP contribution in [0.2, 0.25) is 0 Å². The Morgan fingerprint density at radius 3 is 2.50 bits per heavy atom. The summed E-state index contributed by atoms with van der Waals surface area (Å²) in [6.07, 6.45) is 0. The number of carbonyl (C=O) groups excluding carboxylic acids is 2. The highest BCUT2D eigenvalue weighted by Crippen LogP contribution is 2.10. The maximum absolute atomic E-state index is 11.9. The van der Waals surface area contributed by atoms with Crippen LogP contribution in [0.4, 0.5) is 10.5 Å². The number of carbonyl (C=O) groups is 2. The number of rotatable bonds is 5. The fraction of sp³-hybridized carbons (Fsp3) is 0.429. The van der Waals surface area contributed by atoms with E-state index in [1.807, 2.05) is 20.8 Å². The van der Waals surface area contributed by atoms with E-state index < -0.39 is 0 Å². The quantitative estimate of drug-likeness (QED) is 0.653. The fourth-order valence-corrected chi connectivity index (χ4v) is 1.53. The van der Waals surface area contributed by atoms with E-state index in [9.17, 15) is 9.59 Å². The minimum absolute atomic E-state index is 0.0480. The molecular weight excluding hydrogens is 256 g/mol. The Kier molecular flexibility index (Phi) is 5.99. The molecule has 0 aliphatic rings. The molecule has 0 saturated heterocycles. The molecule has 0 bridgehead atoms. The van der Waals surface area contributed by atoms with E-state index >= 15 is 0 Å². The van der Waals surface area contributed by atoms with Gasteiger partial charge in [-0.05, 0) is 39.0 Å². The summed E-state index contributed by atoms with van der Waals surface area (Å²) in [5, 5.41) is 8.16. The molecule has 5 N–H and O–H groups in total. The van der Waals surface area contributed by atoms with Crippen molar-refractivity contribution in [3.05, 3.63) is 29.8 Å². The summed E-state index contributed by atoms with van der Waals surface area (Å²) in [6.45, 7) is 5.95. The van der Waals surface area contributed by atoms with E-state index in [1.54, 1.807) is 24.3 Å². The number of nitrogens with two attached hydrogens (primary N) is 1. The highest BCUT2D eigenvalue weighted by atomic mass is 16.2. The summed E-state index contributed by atoms with van der Waals surface area (Å²) in [7, 11) is 0. The SMILES string of the molecule is CC(C)NC(=O)Nc1cccc(C(=O)N[C@@H](C)CN)c1. The predicted molar refractivity (Wildman–Crippen MR) is 79.7 cm³/mol. The van der Waals surface area contributed by atoms with Crippen LogP contribution >= 0.6 is 0 Å². The summed E-state index contributed by atoms with van der Waals surface area (Å²) in [5.41, 5.74) is 6.51. The third-order valence-corrected chi connectivity index (χ3v) is 2.53. The van der Waals surface area contributed by atoms with Gasteiger partial charge in [0.1, 0.15) is 0 Å². The average molecular weight is 278 g/mol. The molecule has 0 fully saturated rings. The Labute approximate surface area is 119 Å². The van der Waals surface area contributed by atoms with E-state index in [0.717, 1.165) is 0 Å². The third-order valence-electron chi connectivity index (χ3n) is 2.53. The Balaban J connectivity index is 2.70. The standard InChI is InChI=1S/C14H22N4O2/c1-9(2)16-14(20)18-12-6-4-5-11(7-12)13(19)17-10(3)8-15/h4-7,9-10H,8,15H2,1-3H3,(H,17,19)(H2,16,18,20)/t10-/m0/s1. The van der Waals surface area contributed by atoms with Crippen molar-refractivity contribution in [1.29, 1.82) is 0 Å². The molecule has 1 rings (SSSR count). The van der Waals surface area contributed by atoms with Gasteiger partial charge < -0.3 is 21.7 Å². The lowest BCUT2D eigenvalue weighted by molar-refractivity contribution is 0.0941. The summed E-state index contributed by atoms with van der Waals surface area (Å²) >= 11 is 0. The second-order valence-electron chi connectivity index (χ2n) is 4.94. The number of anilines is 1. The van der Waals surface area contributed by atoms with Gasteiger partial charge in [0, 0.05) is 29.9 Å². The van der Waals surface area contributed by atoms with E-state index in [1.165, 1.54) is 0 Å². The van der Waals surface area contributed by atoms with Gasteiger partial charge in [-0.1, -0.05) is 6.07 Å². The van der Waals surface area contributed by atoms with Crippen molar-refractivity contribution in [2.75, 3.05) is 11.9 Å². The highest BCUT2D eigenvalue weighted by molar-refractivity contribution is 5.97. The van der Waals surface area contributed by atoms with Crippen LogP contribution in [-0.4, -0.2) is 30.6 Å². The Bertz CT molecular complexity index is 474. The van der Waals surface area contributed by atoms with Crippen molar-refractivity contribution in [2.24, 2.45) is 5.73 Å². The summed E-state index contributed by atoms with van der Waals surface area (Å²) in [4.78, 5) is 23.5. The lowest BCUT2D eigenvalue weighted by atomic mass is 10.1. The van der Waals surface area contributed by atoms with Gasteiger partial charge in [-0.25, -0.2) is 4.79 Å². The van der Waals surface area contributed by atoms with Crippen LogP contribution in [0.1, 0.15) is 31.1 Å². The van der Waals surface area contributed by atoms with Crippen LogP contribution in [-0.2, 0) is 0 Å². The van der Waals surface area contributed by atoms with Gasteiger partial charge in [-0.2, -0.15) is 0 Å². The third kappa shape index (κ3) is 5.27. The largest absolute Gasteiger partial charge is 0.348 e. The van der Waals surface area contributed by atoms with Gasteiger partial charge in [0.2, 0.25) is 0 Å². The second kappa shape index (κ2) is 7.49. The second-order valence-corrected chi connectivity index (χ2v) is 4.94. The first-order valence-corrected chi connectivity index (χ1v) is 6.61. The number of hydrogen-bond acceptors (Lipinski definition) is 3. The number of amides is 3. The Hall–Kier alpha value is -2.08. The van der Waals surface area contributed by atoms with E-state index in [0.29, 0.717) is 17.8 Å². The molecule has 1 aromatic carbocycles. The molecule has 0 spiro atoms. The summed E-state index contributed by atoms with van der Waals surface area (Å²) < 4.78 is 0. The zero-order valence-electron chi connectivity index (χ0n) is 12.1. The van der Waals surface area contributed by atoms with Crippen LogP contribution < -0.4 is 21.7 Å². The van der Waals surface area contributed by atoms with E-state index in [4.69, 9.17) is 5.73 Å². The molecule has 3 amide bonds. The topological polar surface area (TPSA) is 96.2 Å². The molecule has 0 aliphatic carbocycles. The normalized spacial score (nSPS) is 11.8. The molecule has 0 saturated carbocycles. The molecule has 0 aliphatic heterocycles. The molecule has 1 aromatic rings. The van der Waals surface area contributed by atoms with Crippen molar-refractivity contribution in [1.82, 2.24) is 10.6 Å². The zero-order valence-corrected chi connectivity index (χ0v) is 12.1. The van der Waals surface area contributed by atoms with E-state index in [2.05, 4.69) is 16.0 Å². The minimum atomic E-state index is -0.298. The number of hydrogen-bond donors (Lipinski definition) is 4. The molecule has 6 nitrogen and oxygen atoms in total. The van der Waals surface area contributed by atoms with Crippen molar-refractivity contribution < 1.29 is 9.59 Å². The molecule has 110 valence electrons. The molecule has 0 aromatic heterocycles. The molecule has 0 radical (unpaired) electrons. The average Bonchev–Trinajstić information content (AvgIpc) is 2.37. The molecule has 0 heterocycles. The Morgan fingerprint density at radius 2 is 1.90 bits per heavy atom. The van der Waals surface area contributed by atoms with Crippen LogP contribution in [0.5, 0.6) is 0 Å². The van der Waals surface area contributed by atoms with Gasteiger partial charge >= 0.3 is 6.03 Å². The van der Waals surface area contributed by atoms with Gasteiger partial charge in [-0.15, -0.1) is 0 Å². The number of urea groups is 1. The lowest BCUT2D eigenvalue weighted by Gasteiger charge is -2.13. The smallest absolute Gasteiger partial charge is 0.319 e. The van der Waals surface area contributed by atoms with Gasteiger partial charge in [0.05, 0.1) is 0 Å². The van der Waals surface area contributed by atoms with Crippen molar-refractivity contribution >= 4 is 17.6 Å². The minimum Gasteiger partial charge on any atom is -0.348 e. The zero-order chi connectivity index (χ0) is 15.1. The van der Waals surface area contributed by atoms with Crippen LogP contribution in [0.15, 0.2) is 24.3 Å². The van der Waals surface area contributed by atoms with E-state index in [-0.39, 0.29) is 24.0 Å². The van der Waals surface area contributed by atoms with Gasteiger partial charge in [0.15, 0.2) is 0 Å². The highest BCUT2D eigenvalue weighted by Gasteiger charge is 2.10. The summed E-state index contributed by atoms with van der Waals surface area (Å²) in [5.74, 6) is -0.212. The fourth-order valence-electron chi connectivity index (χ4n) is 1.53. The maximum Gasteiger partial charge on any atom is 0.319 e. The van der Waals surface area contributed by atoms with Crippen LogP contribution in [0, 0.1) is 0 Å². The number of benzene rings is 1. The van der Waals surface area contributed by atoms with Crippen molar-refractivity contribution in [2.45, 2.75) is 32.9 Å². The predicted octanol–water partition coefficient (Wildman–Crippen LogP) is 1.29. The Morgan fingerprint density at radius 1 is 1.20 bits per heavy atom. The first-order valence-electron chi connectivity index (χ1n) is 6.61.